The summed E-state index contributed by atoms with van der Waals surface area (Å²) < 4.78 is 10.6. The maximum absolute atomic E-state index is 12.1. The summed E-state index contributed by atoms with van der Waals surface area (Å²) in [5.41, 5.74) is 2.55. The number of pyridine rings is 1. The summed E-state index contributed by atoms with van der Waals surface area (Å²) in [6.45, 7) is 0.469. The first-order chi connectivity index (χ1) is 10.8. The number of carbonyl (C=O) groups is 1. The van der Waals surface area contributed by atoms with Crippen molar-refractivity contribution >= 4 is 16.9 Å². The normalized spacial score (nSPS) is 10.6. The minimum absolute atomic E-state index is 0.0534. The molecule has 3 aromatic rings. The smallest absolute Gasteiger partial charge is 0.224 e. The fraction of sp³-hybridized carbons (Fsp3) is 0.176. The second-order valence-electron chi connectivity index (χ2n) is 4.94. The zero-order chi connectivity index (χ0) is 15.4. The lowest BCUT2D eigenvalue weighted by Crippen LogP contribution is -2.24. The highest BCUT2D eigenvalue weighted by Gasteiger charge is 2.11. The van der Waals surface area contributed by atoms with E-state index in [1.54, 1.807) is 25.8 Å². The van der Waals surface area contributed by atoms with E-state index in [-0.39, 0.29) is 12.3 Å². The highest BCUT2D eigenvalue weighted by Crippen LogP contribution is 2.25. The summed E-state index contributed by atoms with van der Waals surface area (Å²) in [5.74, 6) is 0.678. The number of hydrogen-bond acceptors (Lipinski definition) is 4. The average Bonchev–Trinajstić information content (AvgIpc) is 2.96. The van der Waals surface area contributed by atoms with E-state index < -0.39 is 0 Å². The fourth-order valence-electron chi connectivity index (χ4n) is 2.27. The molecule has 5 heteroatoms. The maximum Gasteiger partial charge on any atom is 0.224 e. The van der Waals surface area contributed by atoms with Gasteiger partial charge in [0.2, 0.25) is 5.91 Å². The standard InChI is InChI=1S/C17H16N2O3/c1-21-14-4-5-15-13(11-22-16(15)8-14)7-17(20)19-10-12-3-2-6-18-9-12/h2-6,8-9,11H,7,10H2,1H3,(H,19,20). The molecule has 0 aliphatic rings. The van der Waals surface area contributed by atoms with Gasteiger partial charge >= 0.3 is 0 Å². The van der Waals surface area contributed by atoms with Crippen LogP contribution in [0.2, 0.25) is 0 Å². The molecule has 2 heterocycles. The number of aromatic nitrogens is 1. The van der Waals surface area contributed by atoms with Gasteiger partial charge < -0.3 is 14.5 Å². The molecular weight excluding hydrogens is 280 g/mol. The molecule has 0 fully saturated rings. The first-order valence-electron chi connectivity index (χ1n) is 6.96. The number of methoxy groups -OCH3 is 1. The number of hydrogen-bond donors (Lipinski definition) is 1. The minimum Gasteiger partial charge on any atom is -0.497 e. The van der Waals surface area contributed by atoms with E-state index >= 15 is 0 Å². The zero-order valence-electron chi connectivity index (χ0n) is 12.2. The van der Waals surface area contributed by atoms with Crippen LogP contribution < -0.4 is 10.1 Å². The van der Waals surface area contributed by atoms with Crippen LogP contribution in [0.3, 0.4) is 0 Å². The van der Waals surface area contributed by atoms with Crippen molar-refractivity contribution in [2.75, 3.05) is 7.11 Å². The van der Waals surface area contributed by atoms with Crippen molar-refractivity contribution in [3.05, 3.63) is 60.1 Å². The van der Waals surface area contributed by atoms with Gasteiger partial charge in [-0.1, -0.05) is 6.07 Å². The van der Waals surface area contributed by atoms with Crippen molar-refractivity contribution in [2.24, 2.45) is 0 Å². The van der Waals surface area contributed by atoms with Gasteiger partial charge in [-0.25, -0.2) is 0 Å². The predicted octanol–water partition coefficient (Wildman–Crippen LogP) is 2.70. The Bertz CT molecular complexity index is 781. The van der Waals surface area contributed by atoms with Gasteiger partial charge in [-0.05, 0) is 23.8 Å². The quantitative estimate of drug-likeness (QED) is 0.786. The number of benzene rings is 1. The van der Waals surface area contributed by atoms with Crippen molar-refractivity contribution in [3.8, 4) is 5.75 Å². The molecule has 0 aliphatic heterocycles. The number of rotatable bonds is 5. The van der Waals surface area contributed by atoms with Crippen molar-refractivity contribution in [1.29, 1.82) is 0 Å². The number of ether oxygens (including phenoxy) is 1. The molecule has 112 valence electrons. The van der Waals surface area contributed by atoms with Crippen molar-refractivity contribution in [3.63, 3.8) is 0 Å². The molecule has 1 aromatic carbocycles. The van der Waals surface area contributed by atoms with Crippen LogP contribution in [0.25, 0.3) is 11.0 Å². The summed E-state index contributed by atoms with van der Waals surface area (Å²) in [6, 6.07) is 9.34. The maximum atomic E-state index is 12.1. The molecule has 0 saturated heterocycles. The Kier molecular flexibility index (Phi) is 4.05. The molecule has 0 aliphatic carbocycles. The van der Waals surface area contributed by atoms with E-state index in [0.29, 0.717) is 6.54 Å². The van der Waals surface area contributed by atoms with Crippen LogP contribution in [0.4, 0.5) is 0 Å². The van der Waals surface area contributed by atoms with Gasteiger partial charge in [0.1, 0.15) is 11.3 Å². The van der Waals surface area contributed by atoms with Gasteiger partial charge in [-0.2, -0.15) is 0 Å². The molecule has 0 unspecified atom stereocenters. The molecule has 0 bridgehead atoms. The summed E-state index contributed by atoms with van der Waals surface area (Å²) in [4.78, 5) is 16.1. The average molecular weight is 296 g/mol. The van der Waals surface area contributed by atoms with Crippen molar-refractivity contribution < 1.29 is 13.9 Å². The largest absolute Gasteiger partial charge is 0.497 e. The third-order valence-electron chi connectivity index (χ3n) is 3.43. The van der Waals surface area contributed by atoms with Crippen LogP contribution in [-0.4, -0.2) is 18.0 Å². The molecule has 1 N–H and O–H groups in total. The molecule has 0 atom stereocenters. The predicted molar refractivity (Wildman–Crippen MR) is 82.6 cm³/mol. The summed E-state index contributed by atoms with van der Waals surface area (Å²) in [5, 5.41) is 3.81. The van der Waals surface area contributed by atoms with E-state index in [2.05, 4.69) is 10.3 Å². The van der Waals surface area contributed by atoms with E-state index in [0.717, 1.165) is 27.8 Å². The van der Waals surface area contributed by atoms with Crippen molar-refractivity contribution in [1.82, 2.24) is 10.3 Å². The molecule has 2 aromatic heterocycles. The number of furan rings is 1. The van der Waals surface area contributed by atoms with Gasteiger partial charge in [-0.15, -0.1) is 0 Å². The van der Waals surface area contributed by atoms with Gasteiger partial charge in [0, 0.05) is 36.0 Å². The van der Waals surface area contributed by atoms with E-state index in [1.165, 1.54) is 0 Å². The number of nitrogens with one attached hydrogen (secondary N) is 1. The second-order valence-corrected chi connectivity index (χ2v) is 4.94. The molecular formula is C17H16N2O3. The Hall–Kier alpha value is -2.82. The Labute approximate surface area is 127 Å². The second kappa shape index (κ2) is 6.30. The lowest BCUT2D eigenvalue weighted by molar-refractivity contribution is -0.120. The molecule has 5 nitrogen and oxygen atoms in total. The number of carbonyl (C=O) groups excluding carboxylic acids is 1. The van der Waals surface area contributed by atoms with Crippen LogP contribution in [-0.2, 0) is 17.8 Å². The van der Waals surface area contributed by atoms with Gasteiger partial charge in [0.15, 0.2) is 0 Å². The number of amides is 1. The molecule has 0 spiro atoms. The molecule has 3 rings (SSSR count). The SMILES string of the molecule is COc1ccc2c(CC(=O)NCc3cccnc3)coc2c1. The zero-order valence-corrected chi connectivity index (χ0v) is 12.2. The molecule has 22 heavy (non-hydrogen) atoms. The topological polar surface area (TPSA) is 64.4 Å². The summed E-state index contributed by atoms with van der Waals surface area (Å²) in [6.07, 6.45) is 5.34. The van der Waals surface area contributed by atoms with E-state index in [1.807, 2.05) is 30.3 Å². The van der Waals surface area contributed by atoms with Crippen LogP contribution in [0.1, 0.15) is 11.1 Å². The molecule has 0 saturated carbocycles. The Morgan fingerprint density at radius 3 is 3.05 bits per heavy atom. The Balaban J connectivity index is 1.66. The van der Waals surface area contributed by atoms with Crippen LogP contribution >= 0.6 is 0 Å². The fourth-order valence-corrected chi connectivity index (χ4v) is 2.27. The lowest BCUT2D eigenvalue weighted by atomic mass is 10.1. The Morgan fingerprint density at radius 2 is 2.27 bits per heavy atom. The van der Waals surface area contributed by atoms with Crippen LogP contribution in [0, 0.1) is 0 Å². The van der Waals surface area contributed by atoms with Gasteiger partial charge in [0.05, 0.1) is 19.8 Å². The highest BCUT2D eigenvalue weighted by molar-refractivity contribution is 5.88. The van der Waals surface area contributed by atoms with Gasteiger partial charge in [-0.3, -0.25) is 9.78 Å². The van der Waals surface area contributed by atoms with Crippen LogP contribution in [0.15, 0.2) is 53.4 Å². The Morgan fingerprint density at radius 1 is 1.36 bits per heavy atom. The molecule has 0 radical (unpaired) electrons. The lowest BCUT2D eigenvalue weighted by Gasteiger charge is -2.04. The van der Waals surface area contributed by atoms with Gasteiger partial charge in [0.25, 0.3) is 0 Å². The van der Waals surface area contributed by atoms with Crippen molar-refractivity contribution in [2.45, 2.75) is 13.0 Å². The third-order valence-corrected chi connectivity index (χ3v) is 3.43. The summed E-state index contributed by atoms with van der Waals surface area (Å²) >= 11 is 0. The third kappa shape index (κ3) is 3.09. The molecule has 1 amide bonds. The van der Waals surface area contributed by atoms with Crippen LogP contribution in [0.5, 0.6) is 5.75 Å². The van der Waals surface area contributed by atoms with E-state index in [9.17, 15) is 4.79 Å². The monoisotopic (exact) mass is 296 g/mol. The first kappa shape index (κ1) is 14.1. The highest BCUT2D eigenvalue weighted by atomic mass is 16.5. The van der Waals surface area contributed by atoms with E-state index in [4.69, 9.17) is 9.15 Å². The number of fused-ring (bicyclic) bond motifs is 1. The summed E-state index contributed by atoms with van der Waals surface area (Å²) in [7, 11) is 1.61. The first-order valence-corrected chi connectivity index (χ1v) is 6.96. The minimum atomic E-state index is -0.0534. The number of nitrogens with zero attached hydrogens (tertiary/aromatic N) is 1.